The predicted octanol–water partition coefficient (Wildman–Crippen LogP) is 2.59. The van der Waals surface area contributed by atoms with Crippen molar-refractivity contribution in [1.82, 2.24) is 15.2 Å². The number of hydrogen-bond donors (Lipinski definition) is 2. The monoisotopic (exact) mass is 436 g/mol. The van der Waals surface area contributed by atoms with Gasteiger partial charge in [0.05, 0.1) is 18.5 Å². The maximum absolute atomic E-state index is 12.4. The van der Waals surface area contributed by atoms with Crippen molar-refractivity contribution < 1.29 is 9.59 Å². The molecule has 1 fully saturated rings. The SMILES string of the molecule is C[C@@H]1CNCCN1C(=O)Cc1csc(NC(=O)Cc2cccs2)n1.Cl.Cl. The molecule has 2 aromatic rings. The van der Waals surface area contributed by atoms with Gasteiger partial charge in [0.15, 0.2) is 5.13 Å². The van der Waals surface area contributed by atoms with Gasteiger partial charge < -0.3 is 15.5 Å². The van der Waals surface area contributed by atoms with Gasteiger partial charge in [-0.3, -0.25) is 9.59 Å². The maximum atomic E-state index is 12.4. The van der Waals surface area contributed by atoms with Crippen LogP contribution >= 0.6 is 47.5 Å². The number of amides is 2. The number of aromatic nitrogens is 1. The van der Waals surface area contributed by atoms with Crippen molar-refractivity contribution >= 4 is 64.4 Å². The first-order valence-corrected chi connectivity index (χ1v) is 9.64. The molecule has 0 aliphatic carbocycles. The Labute approximate surface area is 173 Å². The van der Waals surface area contributed by atoms with E-state index in [1.54, 1.807) is 11.3 Å². The van der Waals surface area contributed by atoms with Crippen LogP contribution in [0.4, 0.5) is 5.13 Å². The highest BCUT2D eigenvalue weighted by Crippen LogP contribution is 2.18. The van der Waals surface area contributed by atoms with Crippen LogP contribution in [0, 0.1) is 0 Å². The third-order valence-electron chi connectivity index (χ3n) is 3.87. The van der Waals surface area contributed by atoms with Gasteiger partial charge in [-0.15, -0.1) is 47.5 Å². The minimum Gasteiger partial charge on any atom is -0.337 e. The third-order valence-corrected chi connectivity index (χ3v) is 5.55. The number of piperazine rings is 1. The van der Waals surface area contributed by atoms with Gasteiger partial charge in [-0.2, -0.15) is 0 Å². The Morgan fingerprint density at radius 2 is 2.15 bits per heavy atom. The molecule has 0 bridgehead atoms. The molecular formula is C16H22Cl2N4O2S2. The smallest absolute Gasteiger partial charge is 0.231 e. The van der Waals surface area contributed by atoms with Crippen molar-refractivity contribution in [3.8, 4) is 0 Å². The Balaban J connectivity index is 0.00000169. The van der Waals surface area contributed by atoms with E-state index in [4.69, 9.17) is 0 Å². The van der Waals surface area contributed by atoms with Gasteiger partial charge in [0.2, 0.25) is 11.8 Å². The number of hydrogen-bond acceptors (Lipinski definition) is 6. The second-order valence-electron chi connectivity index (χ2n) is 5.77. The minimum atomic E-state index is -0.0830. The number of thiophene rings is 1. The Bertz CT molecular complexity index is 709. The molecule has 3 rings (SSSR count). The lowest BCUT2D eigenvalue weighted by molar-refractivity contribution is -0.133. The largest absolute Gasteiger partial charge is 0.337 e. The van der Waals surface area contributed by atoms with Crippen molar-refractivity contribution in [3.05, 3.63) is 33.5 Å². The number of carbonyl (C=O) groups is 2. The molecular weight excluding hydrogens is 415 g/mol. The molecule has 0 radical (unpaired) electrons. The van der Waals surface area contributed by atoms with Crippen molar-refractivity contribution in [3.63, 3.8) is 0 Å². The molecule has 10 heteroatoms. The van der Waals surface area contributed by atoms with Crippen molar-refractivity contribution in [2.24, 2.45) is 0 Å². The van der Waals surface area contributed by atoms with Crippen LogP contribution in [-0.4, -0.2) is 47.4 Å². The van der Waals surface area contributed by atoms with Gasteiger partial charge in [-0.25, -0.2) is 4.98 Å². The molecule has 1 aliphatic rings. The summed E-state index contributed by atoms with van der Waals surface area (Å²) in [5.74, 6) is 0.00571. The standard InChI is InChI=1S/C16H20N4O2S2.2ClH/c1-11-9-17-4-5-20(11)15(22)7-12-10-24-16(18-12)19-14(21)8-13-3-2-6-23-13;;/h2-3,6,10-11,17H,4-5,7-9H2,1H3,(H,18,19,21);2*1H/t11-;;/m1../s1. The van der Waals surface area contributed by atoms with Gasteiger partial charge >= 0.3 is 0 Å². The van der Waals surface area contributed by atoms with E-state index in [0.717, 1.165) is 24.5 Å². The van der Waals surface area contributed by atoms with Gasteiger partial charge in [-0.1, -0.05) is 6.07 Å². The number of carbonyl (C=O) groups excluding carboxylic acids is 2. The predicted molar refractivity (Wildman–Crippen MR) is 111 cm³/mol. The quantitative estimate of drug-likeness (QED) is 0.754. The van der Waals surface area contributed by atoms with Crippen LogP contribution in [0.15, 0.2) is 22.9 Å². The summed E-state index contributed by atoms with van der Waals surface area (Å²) >= 11 is 2.92. The first-order chi connectivity index (χ1) is 11.6. The van der Waals surface area contributed by atoms with E-state index in [-0.39, 0.29) is 49.1 Å². The fourth-order valence-electron chi connectivity index (χ4n) is 2.65. The summed E-state index contributed by atoms with van der Waals surface area (Å²) in [7, 11) is 0. The van der Waals surface area contributed by atoms with E-state index in [2.05, 4.69) is 15.6 Å². The van der Waals surface area contributed by atoms with E-state index < -0.39 is 0 Å². The lowest BCUT2D eigenvalue weighted by Crippen LogP contribution is -2.52. The van der Waals surface area contributed by atoms with Gasteiger partial charge in [0, 0.05) is 35.9 Å². The van der Waals surface area contributed by atoms with Crippen molar-refractivity contribution in [1.29, 1.82) is 0 Å². The van der Waals surface area contributed by atoms with E-state index >= 15 is 0 Å². The van der Waals surface area contributed by atoms with Crippen LogP contribution in [-0.2, 0) is 22.4 Å². The third kappa shape index (κ3) is 6.21. The molecule has 1 atom stereocenters. The number of nitrogens with one attached hydrogen (secondary N) is 2. The summed E-state index contributed by atoms with van der Waals surface area (Å²) in [5, 5.41) is 10.4. The lowest BCUT2D eigenvalue weighted by Gasteiger charge is -2.33. The fourth-order valence-corrected chi connectivity index (χ4v) is 4.08. The average Bonchev–Trinajstić information content (AvgIpc) is 3.20. The van der Waals surface area contributed by atoms with Crippen LogP contribution in [0.1, 0.15) is 17.5 Å². The van der Waals surface area contributed by atoms with Crippen LogP contribution in [0.2, 0.25) is 0 Å². The van der Waals surface area contributed by atoms with Gasteiger partial charge in [0.1, 0.15) is 0 Å². The summed E-state index contributed by atoms with van der Waals surface area (Å²) in [6.07, 6.45) is 0.630. The molecule has 0 saturated carbocycles. The Hall–Kier alpha value is -1.19. The summed E-state index contributed by atoms with van der Waals surface area (Å²) in [6.45, 7) is 4.43. The maximum Gasteiger partial charge on any atom is 0.231 e. The molecule has 6 nitrogen and oxygen atoms in total. The lowest BCUT2D eigenvalue weighted by atomic mass is 10.2. The van der Waals surface area contributed by atoms with E-state index in [1.165, 1.54) is 11.3 Å². The van der Waals surface area contributed by atoms with E-state index in [0.29, 0.717) is 17.2 Å². The molecule has 2 aromatic heterocycles. The highest BCUT2D eigenvalue weighted by molar-refractivity contribution is 7.14. The summed E-state index contributed by atoms with van der Waals surface area (Å²) in [4.78, 5) is 31.7. The van der Waals surface area contributed by atoms with Crippen LogP contribution in [0.5, 0.6) is 0 Å². The van der Waals surface area contributed by atoms with Crippen molar-refractivity contribution in [2.45, 2.75) is 25.8 Å². The number of thiazole rings is 1. The summed E-state index contributed by atoms with van der Waals surface area (Å²) in [5.41, 5.74) is 0.710. The zero-order valence-electron chi connectivity index (χ0n) is 14.3. The Morgan fingerprint density at radius 3 is 2.85 bits per heavy atom. The normalized spacial score (nSPS) is 16.3. The number of rotatable bonds is 5. The second kappa shape index (κ2) is 10.8. The van der Waals surface area contributed by atoms with E-state index in [1.807, 2.05) is 34.7 Å². The topological polar surface area (TPSA) is 74.3 Å². The number of halogens is 2. The zero-order valence-corrected chi connectivity index (χ0v) is 17.5. The molecule has 2 N–H and O–H groups in total. The Kier molecular flexibility index (Phi) is 9.52. The molecule has 3 heterocycles. The first kappa shape index (κ1) is 22.9. The van der Waals surface area contributed by atoms with E-state index in [9.17, 15) is 9.59 Å². The molecule has 1 aliphatic heterocycles. The summed E-state index contributed by atoms with van der Waals surface area (Å²) in [6, 6.07) is 4.07. The minimum absolute atomic E-state index is 0. The first-order valence-electron chi connectivity index (χ1n) is 7.88. The van der Waals surface area contributed by atoms with Gasteiger partial charge in [0.25, 0.3) is 0 Å². The number of anilines is 1. The van der Waals surface area contributed by atoms with Crippen molar-refractivity contribution in [2.75, 3.05) is 25.0 Å². The zero-order chi connectivity index (χ0) is 16.9. The van der Waals surface area contributed by atoms with Crippen LogP contribution in [0.3, 0.4) is 0 Å². The molecule has 2 amide bonds. The van der Waals surface area contributed by atoms with Gasteiger partial charge in [-0.05, 0) is 18.4 Å². The van der Waals surface area contributed by atoms with Crippen LogP contribution < -0.4 is 10.6 Å². The molecule has 144 valence electrons. The van der Waals surface area contributed by atoms with Crippen LogP contribution in [0.25, 0.3) is 0 Å². The average molecular weight is 437 g/mol. The molecule has 0 unspecified atom stereocenters. The summed E-state index contributed by atoms with van der Waals surface area (Å²) < 4.78 is 0. The molecule has 0 aromatic carbocycles. The Morgan fingerprint density at radius 1 is 1.35 bits per heavy atom. The molecule has 0 spiro atoms. The highest BCUT2D eigenvalue weighted by atomic mass is 35.5. The molecule has 26 heavy (non-hydrogen) atoms. The number of nitrogens with zero attached hydrogens (tertiary/aromatic N) is 2. The second-order valence-corrected chi connectivity index (χ2v) is 7.66. The highest BCUT2D eigenvalue weighted by Gasteiger charge is 2.23. The fraction of sp³-hybridized carbons (Fsp3) is 0.438. The molecule has 1 saturated heterocycles.